The third-order valence-corrected chi connectivity index (χ3v) is 4.73. The number of benzene rings is 1. The summed E-state index contributed by atoms with van der Waals surface area (Å²) < 4.78 is 0.152. The standard InChI is InChI=1S/C16H24N2OS/c1-4-9-17-14-8-6-5-7-13(14)15(19)18-10-11-20-16(2,3)12-18/h5-8,17H,4,9-12H2,1-3H3. The van der Waals surface area contributed by atoms with Gasteiger partial charge in [-0.1, -0.05) is 19.1 Å². The summed E-state index contributed by atoms with van der Waals surface area (Å²) in [5.41, 5.74) is 1.75. The van der Waals surface area contributed by atoms with Crippen LogP contribution in [0, 0.1) is 0 Å². The highest BCUT2D eigenvalue weighted by molar-refractivity contribution is 8.00. The van der Waals surface area contributed by atoms with Crippen LogP contribution in [0.2, 0.25) is 0 Å². The molecular formula is C16H24N2OS. The zero-order valence-corrected chi connectivity index (χ0v) is 13.4. The molecule has 0 bridgehead atoms. The van der Waals surface area contributed by atoms with E-state index in [-0.39, 0.29) is 10.7 Å². The van der Waals surface area contributed by atoms with Crippen molar-refractivity contribution in [1.82, 2.24) is 4.90 Å². The molecule has 3 nitrogen and oxygen atoms in total. The Hall–Kier alpha value is -1.16. The molecule has 0 aromatic heterocycles. The van der Waals surface area contributed by atoms with E-state index in [0.29, 0.717) is 0 Å². The molecule has 4 heteroatoms. The van der Waals surface area contributed by atoms with Gasteiger partial charge in [-0.15, -0.1) is 0 Å². The van der Waals surface area contributed by atoms with E-state index in [2.05, 4.69) is 26.1 Å². The second kappa shape index (κ2) is 6.53. The molecule has 1 amide bonds. The van der Waals surface area contributed by atoms with Crippen molar-refractivity contribution >= 4 is 23.4 Å². The Morgan fingerprint density at radius 2 is 2.15 bits per heavy atom. The normalized spacial score (nSPS) is 17.9. The fraction of sp³-hybridized carbons (Fsp3) is 0.562. The minimum atomic E-state index is 0.151. The van der Waals surface area contributed by atoms with Gasteiger partial charge in [0.25, 0.3) is 5.91 Å². The van der Waals surface area contributed by atoms with Crippen molar-refractivity contribution in [2.75, 3.05) is 30.7 Å². The summed E-state index contributed by atoms with van der Waals surface area (Å²) in [4.78, 5) is 14.7. The van der Waals surface area contributed by atoms with Crippen molar-refractivity contribution in [3.63, 3.8) is 0 Å². The number of hydrogen-bond donors (Lipinski definition) is 1. The fourth-order valence-corrected chi connectivity index (χ4v) is 3.55. The van der Waals surface area contributed by atoms with Gasteiger partial charge in [0.05, 0.1) is 5.56 Å². The average Bonchev–Trinajstić information content (AvgIpc) is 2.43. The quantitative estimate of drug-likeness (QED) is 0.922. The smallest absolute Gasteiger partial charge is 0.256 e. The largest absolute Gasteiger partial charge is 0.384 e. The molecule has 1 heterocycles. The lowest BCUT2D eigenvalue weighted by Crippen LogP contribution is -2.46. The highest BCUT2D eigenvalue weighted by Crippen LogP contribution is 2.30. The Balaban J connectivity index is 2.16. The van der Waals surface area contributed by atoms with E-state index >= 15 is 0 Å². The lowest BCUT2D eigenvalue weighted by molar-refractivity contribution is 0.0749. The third kappa shape index (κ3) is 3.69. The van der Waals surface area contributed by atoms with Crippen LogP contribution in [0.25, 0.3) is 0 Å². The first-order valence-corrected chi connectivity index (χ1v) is 8.28. The van der Waals surface area contributed by atoms with Crippen LogP contribution >= 0.6 is 11.8 Å². The second-order valence-corrected chi connectivity index (χ2v) is 7.61. The van der Waals surface area contributed by atoms with Crippen molar-refractivity contribution in [2.45, 2.75) is 31.9 Å². The van der Waals surface area contributed by atoms with Gasteiger partial charge in [-0.05, 0) is 32.4 Å². The molecule has 0 atom stereocenters. The maximum Gasteiger partial charge on any atom is 0.256 e. The topological polar surface area (TPSA) is 32.3 Å². The van der Waals surface area contributed by atoms with Gasteiger partial charge in [-0.3, -0.25) is 4.79 Å². The maximum atomic E-state index is 12.7. The van der Waals surface area contributed by atoms with Gasteiger partial charge in [0.2, 0.25) is 0 Å². The highest BCUT2D eigenvalue weighted by Gasteiger charge is 2.30. The van der Waals surface area contributed by atoms with Crippen LogP contribution in [-0.2, 0) is 0 Å². The zero-order valence-electron chi connectivity index (χ0n) is 12.6. The Morgan fingerprint density at radius 3 is 2.85 bits per heavy atom. The summed E-state index contributed by atoms with van der Waals surface area (Å²) in [6.07, 6.45) is 1.05. The molecule has 20 heavy (non-hydrogen) atoms. The summed E-state index contributed by atoms with van der Waals surface area (Å²) in [7, 11) is 0. The average molecular weight is 292 g/mol. The number of nitrogens with one attached hydrogen (secondary N) is 1. The first kappa shape index (κ1) is 15.2. The molecular weight excluding hydrogens is 268 g/mol. The van der Waals surface area contributed by atoms with Gasteiger partial charge in [0.15, 0.2) is 0 Å². The SMILES string of the molecule is CCCNc1ccccc1C(=O)N1CCSC(C)(C)C1. The van der Waals surface area contributed by atoms with E-state index in [0.717, 1.165) is 43.1 Å². The van der Waals surface area contributed by atoms with Gasteiger partial charge in [-0.2, -0.15) is 11.8 Å². The lowest BCUT2D eigenvalue weighted by atomic mass is 10.1. The number of thioether (sulfide) groups is 1. The molecule has 0 radical (unpaired) electrons. The Kier molecular flexibility index (Phi) is 4.97. The lowest BCUT2D eigenvalue weighted by Gasteiger charge is -2.37. The van der Waals surface area contributed by atoms with Gasteiger partial charge in [-0.25, -0.2) is 0 Å². The number of carbonyl (C=O) groups is 1. The van der Waals surface area contributed by atoms with E-state index < -0.39 is 0 Å². The molecule has 1 fully saturated rings. The van der Waals surface area contributed by atoms with Crippen LogP contribution in [0.1, 0.15) is 37.6 Å². The predicted octanol–water partition coefficient (Wildman–Crippen LogP) is 3.48. The molecule has 1 saturated heterocycles. The van der Waals surface area contributed by atoms with Crippen LogP contribution in [0.15, 0.2) is 24.3 Å². The summed E-state index contributed by atoms with van der Waals surface area (Å²) in [5, 5.41) is 3.35. The Labute approximate surface area is 126 Å². The Bertz CT molecular complexity index is 473. The summed E-state index contributed by atoms with van der Waals surface area (Å²) >= 11 is 1.95. The van der Waals surface area contributed by atoms with E-state index in [1.54, 1.807) is 0 Å². The van der Waals surface area contributed by atoms with Crippen LogP contribution in [0.3, 0.4) is 0 Å². The van der Waals surface area contributed by atoms with E-state index in [4.69, 9.17) is 0 Å². The zero-order chi connectivity index (χ0) is 14.6. The number of hydrogen-bond acceptors (Lipinski definition) is 3. The van der Waals surface area contributed by atoms with Gasteiger partial charge >= 0.3 is 0 Å². The van der Waals surface area contributed by atoms with Gasteiger partial charge in [0, 0.05) is 35.8 Å². The molecule has 0 saturated carbocycles. The maximum absolute atomic E-state index is 12.7. The third-order valence-electron chi connectivity index (χ3n) is 3.44. The summed E-state index contributed by atoms with van der Waals surface area (Å²) in [5.74, 6) is 1.17. The molecule has 1 aromatic carbocycles. The van der Waals surface area contributed by atoms with Crippen LogP contribution < -0.4 is 5.32 Å². The number of nitrogens with zero attached hydrogens (tertiary/aromatic N) is 1. The number of para-hydroxylation sites is 1. The molecule has 2 rings (SSSR count). The molecule has 110 valence electrons. The van der Waals surface area contributed by atoms with E-state index in [9.17, 15) is 4.79 Å². The van der Waals surface area contributed by atoms with Gasteiger partial charge < -0.3 is 10.2 Å². The van der Waals surface area contributed by atoms with Crippen LogP contribution in [-0.4, -0.2) is 40.9 Å². The molecule has 1 aromatic rings. The molecule has 0 aliphatic carbocycles. The number of carbonyl (C=O) groups excluding carboxylic acids is 1. The minimum absolute atomic E-state index is 0.151. The molecule has 0 unspecified atom stereocenters. The first-order valence-electron chi connectivity index (χ1n) is 7.29. The molecule has 0 spiro atoms. The van der Waals surface area contributed by atoms with Gasteiger partial charge in [0.1, 0.15) is 0 Å². The van der Waals surface area contributed by atoms with Crippen molar-refractivity contribution in [1.29, 1.82) is 0 Å². The highest BCUT2D eigenvalue weighted by atomic mass is 32.2. The van der Waals surface area contributed by atoms with Crippen molar-refractivity contribution in [2.24, 2.45) is 0 Å². The summed E-state index contributed by atoms with van der Waals surface area (Å²) in [6.45, 7) is 9.10. The predicted molar refractivity (Wildman–Crippen MR) is 87.7 cm³/mol. The van der Waals surface area contributed by atoms with E-state index in [1.807, 2.05) is 40.9 Å². The monoisotopic (exact) mass is 292 g/mol. The molecule has 1 N–H and O–H groups in total. The minimum Gasteiger partial charge on any atom is -0.384 e. The number of rotatable bonds is 4. The first-order chi connectivity index (χ1) is 9.53. The fourth-order valence-electron chi connectivity index (χ4n) is 2.44. The van der Waals surface area contributed by atoms with Crippen LogP contribution in [0.5, 0.6) is 0 Å². The molecule has 1 aliphatic rings. The summed E-state index contributed by atoms with van der Waals surface area (Å²) in [6, 6.07) is 7.83. The molecule has 1 aliphatic heterocycles. The second-order valence-electron chi connectivity index (χ2n) is 5.81. The Morgan fingerprint density at radius 1 is 1.40 bits per heavy atom. The van der Waals surface area contributed by atoms with Crippen molar-refractivity contribution in [3.8, 4) is 0 Å². The van der Waals surface area contributed by atoms with Crippen molar-refractivity contribution < 1.29 is 4.79 Å². The number of amides is 1. The van der Waals surface area contributed by atoms with E-state index in [1.165, 1.54) is 0 Å². The van der Waals surface area contributed by atoms with Crippen LogP contribution in [0.4, 0.5) is 5.69 Å². The number of anilines is 1. The van der Waals surface area contributed by atoms with Crippen molar-refractivity contribution in [3.05, 3.63) is 29.8 Å².